The van der Waals surface area contributed by atoms with Crippen molar-refractivity contribution in [2.75, 3.05) is 0 Å². The summed E-state index contributed by atoms with van der Waals surface area (Å²) in [4.78, 5) is 0. The largest absolute Gasteiger partial charge is 0.271 e. The molecule has 100 valence electrons. The van der Waals surface area contributed by atoms with Crippen LogP contribution in [0.3, 0.4) is 0 Å². The molecule has 0 amide bonds. The van der Waals surface area contributed by atoms with E-state index in [1.54, 1.807) is 30.3 Å². The van der Waals surface area contributed by atoms with Crippen LogP contribution in [0.2, 0.25) is 0 Å². The lowest BCUT2D eigenvalue weighted by Gasteiger charge is -2.18. The van der Waals surface area contributed by atoms with Crippen molar-refractivity contribution >= 4 is 31.9 Å². The highest BCUT2D eigenvalue weighted by Gasteiger charge is 2.21. The van der Waals surface area contributed by atoms with Gasteiger partial charge in [0.15, 0.2) is 0 Å². The molecule has 0 aliphatic rings. The fourth-order valence-corrected chi connectivity index (χ4v) is 2.54. The fourth-order valence-electron chi connectivity index (χ4n) is 1.83. The van der Waals surface area contributed by atoms with Gasteiger partial charge in [-0.2, -0.15) is 0 Å². The van der Waals surface area contributed by atoms with E-state index in [1.165, 1.54) is 6.07 Å². The number of rotatable bonds is 3. The lowest BCUT2D eigenvalue weighted by molar-refractivity contribution is 0.528. The van der Waals surface area contributed by atoms with E-state index in [0.29, 0.717) is 8.95 Å². The first-order valence-electron chi connectivity index (χ1n) is 5.39. The van der Waals surface area contributed by atoms with E-state index >= 15 is 0 Å². The summed E-state index contributed by atoms with van der Waals surface area (Å²) < 4.78 is 28.9. The number of hydrogen-bond donors (Lipinski definition) is 2. The molecule has 2 nitrogen and oxygen atoms in total. The highest BCUT2D eigenvalue weighted by atomic mass is 79.9. The normalized spacial score (nSPS) is 12.5. The average molecular weight is 392 g/mol. The van der Waals surface area contributed by atoms with Gasteiger partial charge in [-0.25, -0.2) is 14.2 Å². The van der Waals surface area contributed by atoms with Crippen molar-refractivity contribution in [1.82, 2.24) is 5.43 Å². The van der Waals surface area contributed by atoms with Crippen molar-refractivity contribution in [2.45, 2.75) is 6.04 Å². The smallest absolute Gasteiger partial charge is 0.142 e. The zero-order valence-corrected chi connectivity index (χ0v) is 12.8. The van der Waals surface area contributed by atoms with E-state index in [2.05, 4.69) is 37.3 Å². The number of benzene rings is 2. The van der Waals surface area contributed by atoms with E-state index in [0.717, 1.165) is 0 Å². The molecule has 0 saturated heterocycles. The molecule has 0 saturated carbocycles. The maximum atomic E-state index is 14.1. The van der Waals surface area contributed by atoms with Crippen molar-refractivity contribution in [3.05, 3.63) is 68.1 Å². The van der Waals surface area contributed by atoms with Gasteiger partial charge in [0.2, 0.25) is 0 Å². The third-order valence-electron chi connectivity index (χ3n) is 2.73. The van der Waals surface area contributed by atoms with Crippen molar-refractivity contribution < 1.29 is 8.78 Å². The Hall–Kier alpha value is -0.820. The molecule has 0 bridgehead atoms. The van der Waals surface area contributed by atoms with Crippen LogP contribution in [0, 0.1) is 11.6 Å². The van der Waals surface area contributed by atoms with Crippen molar-refractivity contribution in [2.24, 2.45) is 5.84 Å². The van der Waals surface area contributed by atoms with Crippen LogP contribution in [0.15, 0.2) is 45.3 Å². The maximum Gasteiger partial charge on any atom is 0.142 e. The lowest BCUT2D eigenvalue weighted by atomic mass is 9.98. The van der Waals surface area contributed by atoms with Crippen LogP contribution in [0.5, 0.6) is 0 Å². The van der Waals surface area contributed by atoms with Crippen molar-refractivity contribution in [3.63, 3.8) is 0 Å². The molecule has 0 aromatic heterocycles. The van der Waals surface area contributed by atoms with Gasteiger partial charge in [0.1, 0.15) is 11.6 Å². The molecule has 0 radical (unpaired) electrons. The zero-order valence-electron chi connectivity index (χ0n) is 9.63. The van der Waals surface area contributed by atoms with E-state index in [9.17, 15) is 8.78 Å². The van der Waals surface area contributed by atoms with E-state index in [4.69, 9.17) is 5.84 Å². The number of hydrazine groups is 1. The van der Waals surface area contributed by atoms with Gasteiger partial charge in [-0.3, -0.25) is 5.84 Å². The quantitative estimate of drug-likeness (QED) is 0.612. The predicted octanol–water partition coefficient (Wildman–Crippen LogP) is 4.04. The Labute approximate surface area is 126 Å². The van der Waals surface area contributed by atoms with Crippen LogP contribution in [0.1, 0.15) is 17.2 Å². The molecule has 1 unspecified atom stereocenters. The first-order chi connectivity index (χ1) is 9.04. The van der Waals surface area contributed by atoms with Crippen LogP contribution in [0.4, 0.5) is 8.78 Å². The molecule has 2 aromatic rings. The summed E-state index contributed by atoms with van der Waals surface area (Å²) in [5.41, 5.74) is 3.00. The standard InChI is InChI=1S/C13H10Br2F2N2/c14-7-4-5-8(11(16)6-7)13(19-18)9-2-1-3-10(15)12(9)17/h1-6,13,19H,18H2. The van der Waals surface area contributed by atoms with Gasteiger partial charge in [0.05, 0.1) is 10.5 Å². The van der Waals surface area contributed by atoms with E-state index in [1.807, 2.05) is 0 Å². The van der Waals surface area contributed by atoms with E-state index in [-0.39, 0.29) is 11.1 Å². The summed E-state index contributed by atoms with van der Waals surface area (Å²) in [5.74, 6) is 4.53. The number of hydrogen-bond acceptors (Lipinski definition) is 2. The Morgan fingerprint density at radius 2 is 1.79 bits per heavy atom. The highest BCUT2D eigenvalue weighted by Crippen LogP contribution is 2.30. The van der Waals surface area contributed by atoms with Gasteiger partial charge in [-0.05, 0) is 34.1 Å². The Morgan fingerprint density at radius 3 is 2.42 bits per heavy atom. The summed E-state index contributed by atoms with van der Waals surface area (Å²) in [5, 5.41) is 0. The molecule has 3 N–H and O–H groups in total. The summed E-state index contributed by atoms with van der Waals surface area (Å²) in [6.07, 6.45) is 0. The lowest BCUT2D eigenvalue weighted by Crippen LogP contribution is -2.30. The Morgan fingerprint density at radius 1 is 1.05 bits per heavy atom. The topological polar surface area (TPSA) is 38.0 Å². The minimum absolute atomic E-state index is 0.276. The zero-order chi connectivity index (χ0) is 14.0. The van der Waals surface area contributed by atoms with E-state index < -0.39 is 17.7 Å². The minimum Gasteiger partial charge on any atom is -0.271 e. The van der Waals surface area contributed by atoms with Gasteiger partial charge in [-0.15, -0.1) is 0 Å². The first-order valence-corrected chi connectivity index (χ1v) is 6.98. The Bertz CT molecular complexity index is 605. The van der Waals surface area contributed by atoms with Gasteiger partial charge < -0.3 is 0 Å². The minimum atomic E-state index is -0.759. The molecule has 19 heavy (non-hydrogen) atoms. The molecule has 1 atom stereocenters. The van der Waals surface area contributed by atoms with Crippen LogP contribution in [-0.4, -0.2) is 0 Å². The molecule has 0 fully saturated rings. The SMILES string of the molecule is NNC(c1ccc(Br)cc1F)c1cccc(Br)c1F. The third-order valence-corrected chi connectivity index (χ3v) is 3.84. The molecular formula is C13H10Br2F2N2. The average Bonchev–Trinajstić information content (AvgIpc) is 2.37. The molecule has 2 rings (SSSR count). The predicted molar refractivity (Wildman–Crippen MR) is 77.4 cm³/mol. The monoisotopic (exact) mass is 390 g/mol. The Balaban J connectivity index is 2.53. The van der Waals surface area contributed by atoms with Crippen LogP contribution >= 0.6 is 31.9 Å². The highest BCUT2D eigenvalue weighted by molar-refractivity contribution is 9.10. The second-order valence-corrected chi connectivity index (χ2v) is 5.68. The second-order valence-electron chi connectivity index (χ2n) is 3.91. The summed E-state index contributed by atoms with van der Waals surface area (Å²) in [6, 6.07) is 8.60. The van der Waals surface area contributed by atoms with Gasteiger partial charge in [0, 0.05) is 15.6 Å². The van der Waals surface area contributed by atoms with Gasteiger partial charge >= 0.3 is 0 Å². The third kappa shape index (κ3) is 3.02. The second kappa shape index (κ2) is 6.09. The van der Waals surface area contributed by atoms with Gasteiger partial charge in [0.25, 0.3) is 0 Å². The molecule has 0 aliphatic carbocycles. The fraction of sp³-hybridized carbons (Fsp3) is 0.0769. The van der Waals surface area contributed by atoms with Gasteiger partial charge in [-0.1, -0.05) is 34.1 Å². The number of nitrogens with two attached hydrogens (primary N) is 1. The summed E-state index contributed by atoms with van der Waals surface area (Å²) >= 11 is 6.28. The number of halogens is 4. The molecule has 0 heterocycles. The summed E-state index contributed by atoms with van der Waals surface area (Å²) in [7, 11) is 0. The molecule has 0 spiro atoms. The first kappa shape index (κ1) is 14.6. The maximum absolute atomic E-state index is 14.1. The molecule has 6 heteroatoms. The molecule has 0 aliphatic heterocycles. The Kier molecular flexibility index (Phi) is 4.67. The summed E-state index contributed by atoms with van der Waals surface area (Å²) in [6.45, 7) is 0. The molecular weight excluding hydrogens is 382 g/mol. The van der Waals surface area contributed by atoms with Crippen LogP contribution < -0.4 is 11.3 Å². The number of nitrogens with one attached hydrogen (secondary N) is 1. The van der Waals surface area contributed by atoms with Crippen molar-refractivity contribution in [3.8, 4) is 0 Å². The molecule has 2 aromatic carbocycles. The van der Waals surface area contributed by atoms with Crippen LogP contribution in [-0.2, 0) is 0 Å². The van der Waals surface area contributed by atoms with Crippen LogP contribution in [0.25, 0.3) is 0 Å². The van der Waals surface area contributed by atoms with Crippen molar-refractivity contribution in [1.29, 1.82) is 0 Å².